The molecule has 0 heterocycles. The van der Waals surface area contributed by atoms with Crippen LogP contribution in [0.15, 0.2) is 11.6 Å². The summed E-state index contributed by atoms with van der Waals surface area (Å²) in [6.45, 7) is 11.3. The van der Waals surface area contributed by atoms with Crippen molar-refractivity contribution in [3.63, 3.8) is 0 Å². The van der Waals surface area contributed by atoms with E-state index < -0.39 is 49.2 Å². The van der Waals surface area contributed by atoms with Gasteiger partial charge in [-0.15, -0.1) is 0 Å². The fourth-order valence-corrected chi connectivity index (χ4v) is 9.85. The van der Waals surface area contributed by atoms with Gasteiger partial charge in [0.2, 0.25) is 0 Å². The molecule has 13 unspecified atom stereocenters. The third-order valence-electron chi connectivity index (χ3n) is 12.4. The summed E-state index contributed by atoms with van der Waals surface area (Å²) in [4.78, 5) is 12.7. The van der Waals surface area contributed by atoms with Crippen LogP contribution in [0.2, 0.25) is 0 Å². The maximum Gasteiger partial charge on any atom is 0.338 e. The normalized spacial score (nSPS) is 38.8. The molecule has 8 heteroatoms. The van der Waals surface area contributed by atoms with Gasteiger partial charge in [-0.1, -0.05) is 65.5 Å². The predicted octanol–water partition coefficient (Wildman–Crippen LogP) is 3.74. The smallest absolute Gasteiger partial charge is 0.338 e. The average Bonchev–Trinajstić information content (AvgIpc) is 3.32. The van der Waals surface area contributed by atoms with Crippen molar-refractivity contribution >= 4 is 5.97 Å². The lowest BCUT2D eigenvalue weighted by molar-refractivity contribution is -0.180. The summed E-state index contributed by atoms with van der Waals surface area (Å²) in [5, 5.41) is 58.9. The summed E-state index contributed by atoms with van der Waals surface area (Å²) in [7, 11) is 0. The Morgan fingerprint density at radius 2 is 1.64 bits per heavy atom. The lowest BCUT2D eigenvalue weighted by Crippen LogP contribution is -2.53. The molecular weight excluding hydrogens is 536 g/mol. The summed E-state index contributed by atoms with van der Waals surface area (Å²) < 4.78 is 5.60. The number of rotatable bonds is 12. The second kappa shape index (κ2) is 13.5. The molecule has 0 spiro atoms. The zero-order valence-corrected chi connectivity index (χ0v) is 26.5. The van der Waals surface area contributed by atoms with Crippen molar-refractivity contribution in [3.05, 3.63) is 11.6 Å². The topological polar surface area (TPSA) is 148 Å². The van der Waals surface area contributed by atoms with Crippen LogP contribution in [0.1, 0.15) is 105 Å². The number of aliphatic hydroxyl groups is 6. The molecule has 8 nitrogen and oxygen atoms in total. The van der Waals surface area contributed by atoms with Crippen molar-refractivity contribution in [2.75, 3.05) is 6.61 Å². The minimum atomic E-state index is -2.09. The molecule has 3 fully saturated rings. The summed E-state index contributed by atoms with van der Waals surface area (Å²) in [6.07, 6.45) is 4.63. The number of ether oxygens (including phenoxy) is 1. The van der Waals surface area contributed by atoms with Crippen molar-refractivity contribution in [1.29, 1.82) is 0 Å². The molecule has 0 saturated heterocycles. The molecule has 13 atom stereocenters. The second-order valence-corrected chi connectivity index (χ2v) is 15.3. The van der Waals surface area contributed by atoms with E-state index in [2.05, 4.69) is 40.7 Å². The van der Waals surface area contributed by atoms with E-state index >= 15 is 0 Å². The monoisotopic (exact) mass is 594 g/mol. The van der Waals surface area contributed by atoms with Gasteiger partial charge in [-0.25, -0.2) is 4.79 Å². The number of fused-ring (bicyclic) bond motifs is 5. The highest BCUT2D eigenvalue weighted by Crippen LogP contribution is 2.67. The molecule has 4 aliphatic carbocycles. The molecule has 0 bridgehead atoms. The van der Waals surface area contributed by atoms with Gasteiger partial charge in [0, 0.05) is 6.42 Å². The minimum Gasteiger partial charge on any atom is -0.460 e. The number of carbonyl (C=O) groups is 1. The highest BCUT2D eigenvalue weighted by Gasteiger charge is 2.59. The van der Waals surface area contributed by atoms with Crippen LogP contribution in [0.25, 0.3) is 0 Å². The van der Waals surface area contributed by atoms with Gasteiger partial charge >= 0.3 is 5.97 Å². The third kappa shape index (κ3) is 6.50. The zero-order chi connectivity index (χ0) is 31.0. The van der Waals surface area contributed by atoms with E-state index in [1.807, 2.05) is 0 Å². The Morgan fingerprint density at radius 1 is 0.929 bits per heavy atom. The molecular formula is C34H58O8. The summed E-state index contributed by atoms with van der Waals surface area (Å²) in [5.74, 6) is 3.40. The van der Waals surface area contributed by atoms with Crippen molar-refractivity contribution in [1.82, 2.24) is 0 Å². The Morgan fingerprint density at radius 3 is 2.31 bits per heavy atom. The van der Waals surface area contributed by atoms with Gasteiger partial charge in [-0.05, 0) is 91.3 Å². The first-order chi connectivity index (χ1) is 19.7. The van der Waals surface area contributed by atoms with Gasteiger partial charge < -0.3 is 35.4 Å². The molecule has 4 aliphatic rings. The summed E-state index contributed by atoms with van der Waals surface area (Å²) in [6, 6.07) is 0. The van der Waals surface area contributed by atoms with Gasteiger partial charge in [0.1, 0.15) is 30.5 Å². The van der Waals surface area contributed by atoms with E-state index in [4.69, 9.17) is 9.84 Å². The van der Waals surface area contributed by atoms with Crippen LogP contribution in [0.5, 0.6) is 0 Å². The first kappa shape index (κ1) is 33.9. The molecule has 4 rings (SSSR count). The van der Waals surface area contributed by atoms with Crippen LogP contribution in [0, 0.1) is 46.3 Å². The highest BCUT2D eigenvalue weighted by molar-refractivity contribution is 5.75. The molecule has 0 aromatic carbocycles. The Labute approximate surface area is 252 Å². The maximum absolute atomic E-state index is 12.7. The van der Waals surface area contributed by atoms with Crippen molar-refractivity contribution in [2.24, 2.45) is 46.3 Å². The van der Waals surface area contributed by atoms with E-state index in [0.717, 1.165) is 36.5 Å². The molecule has 3 saturated carbocycles. The van der Waals surface area contributed by atoms with E-state index in [9.17, 15) is 30.3 Å². The molecule has 42 heavy (non-hydrogen) atoms. The van der Waals surface area contributed by atoms with Gasteiger partial charge in [-0.3, -0.25) is 0 Å². The molecule has 242 valence electrons. The maximum atomic E-state index is 12.7. The third-order valence-corrected chi connectivity index (χ3v) is 12.4. The van der Waals surface area contributed by atoms with Crippen LogP contribution in [-0.4, -0.2) is 79.8 Å². The SMILES string of the molecule is CC(C)CCCC(C)C1CCC2C3CC=C4CC(OC(=O)C(O)C(O)C(O)C(O)C(O)CO)CCC4(C)C3CCC12C. The summed E-state index contributed by atoms with van der Waals surface area (Å²) >= 11 is 0. The highest BCUT2D eigenvalue weighted by atomic mass is 16.6. The van der Waals surface area contributed by atoms with Crippen LogP contribution in [0.4, 0.5) is 0 Å². The van der Waals surface area contributed by atoms with Crippen LogP contribution < -0.4 is 0 Å². The van der Waals surface area contributed by atoms with Gasteiger partial charge in [0.25, 0.3) is 0 Å². The Bertz CT molecular complexity index is 952. The minimum absolute atomic E-state index is 0.0764. The first-order valence-corrected chi connectivity index (χ1v) is 16.7. The standard InChI is InChI=1S/C34H58O8/c1-19(2)7-6-8-20(3)24-11-12-25-23-10-9-21-17-22(13-15-33(21,4)26(23)14-16-34(24,25)5)42-32(41)31(40)30(39)29(38)28(37)27(36)18-35/h9,19-20,22-31,35-40H,6-8,10-18H2,1-5H3. The number of aliphatic hydroxyl groups excluding tert-OH is 6. The largest absolute Gasteiger partial charge is 0.460 e. The zero-order valence-electron chi connectivity index (χ0n) is 26.5. The fraction of sp³-hybridized carbons (Fsp3) is 0.912. The molecule has 0 aromatic heterocycles. The van der Waals surface area contributed by atoms with E-state index in [0.29, 0.717) is 30.1 Å². The number of allylic oxidation sites excluding steroid dienone is 1. The van der Waals surface area contributed by atoms with Crippen LogP contribution in [-0.2, 0) is 9.53 Å². The van der Waals surface area contributed by atoms with Crippen molar-refractivity contribution < 1.29 is 40.2 Å². The number of esters is 1. The fourth-order valence-electron chi connectivity index (χ4n) is 9.85. The number of hydrogen-bond acceptors (Lipinski definition) is 8. The summed E-state index contributed by atoms with van der Waals surface area (Å²) in [5.41, 5.74) is 1.84. The van der Waals surface area contributed by atoms with Gasteiger partial charge in [-0.2, -0.15) is 0 Å². The van der Waals surface area contributed by atoms with Gasteiger partial charge in [0.15, 0.2) is 6.10 Å². The van der Waals surface area contributed by atoms with E-state index in [-0.39, 0.29) is 5.41 Å². The molecule has 0 aromatic rings. The molecule has 6 N–H and O–H groups in total. The Balaban J connectivity index is 1.37. The second-order valence-electron chi connectivity index (χ2n) is 15.3. The lowest BCUT2D eigenvalue weighted by Gasteiger charge is -2.58. The first-order valence-electron chi connectivity index (χ1n) is 16.7. The Hall–Kier alpha value is -1.03. The lowest BCUT2D eigenvalue weighted by atomic mass is 9.47. The van der Waals surface area contributed by atoms with Crippen molar-refractivity contribution in [3.8, 4) is 0 Å². The van der Waals surface area contributed by atoms with E-state index in [1.165, 1.54) is 50.5 Å². The van der Waals surface area contributed by atoms with Crippen LogP contribution in [0.3, 0.4) is 0 Å². The number of hydrogen-bond donors (Lipinski definition) is 6. The number of carbonyl (C=O) groups excluding carboxylic acids is 1. The quantitative estimate of drug-likeness (QED) is 0.148. The molecule has 0 amide bonds. The molecule has 0 aliphatic heterocycles. The molecule has 0 radical (unpaired) electrons. The van der Waals surface area contributed by atoms with Gasteiger partial charge in [0.05, 0.1) is 6.61 Å². The van der Waals surface area contributed by atoms with Crippen LogP contribution >= 0.6 is 0 Å². The Kier molecular flexibility index (Phi) is 10.9. The van der Waals surface area contributed by atoms with Crippen molar-refractivity contribution in [2.45, 2.75) is 142 Å². The predicted molar refractivity (Wildman–Crippen MR) is 160 cm³/mol. The average molecular weight is 595 g/mol. The van der Waals surface area contributed by atoms with E-state index in [1.54, 1.807) is 0 Å².